The number of rotatable bonds is 7. The van der Waals surface area contributed by atoms with Crippen molar-refractivity contribution in [2.24, 2.45) is 0 Å². The van der Waals surface area contributed by atoms with E-state index < -0.39 is 28.2 Å². The molecule has 1 aliphatic rings. The second kappa shape index (κ2) is 11.5. The minimum Gasteiger partial charge on any atom is -0.341 e. The largest absolute Gasteiger partial charge is 0.341 e. The topological polar surface area (TPSA) is 111 Å². The number of amides is 2. The number of hydrogen-bond donors (Lipinski definition) is 3. The van der Waals surface area contributed by atoms with Crippen molar-refractivity contribution in [3.05, 3.63) is 71.8 Å². The highest BCUT2D eigenvalue weighted by molar-refractivity contribution is 7.90. The van der Waals surface area contributed by atoms with Gasteiger partial charge in [0.05, 0.1) is 30.5 Å². The third-order valence-corrected chi connectivity index (χ3v) is 8.08. The Balaban J connectivity index is 0.00000380. The van der Waals surface area contributed by atoms with E-state index in [1.165, 1.54) is 7.05 Å². The minimum atomic E-state index is -3.98. The Morgan fingerprint density at radius 3 is 2.35 bits per heavy atom. The average molecular weight is 546 g/mol. The lowest BCUT2D eigenvalue weighted by Gasteiger charge is -2.27. The molecule has 2 unspecified atom stereocenters. The van der Waals surface area contributed by atoms with E-state index >= 15 is 0 Å². The predicted octanol–water partition coefficient (Wildman–Crippen LogP) is 2.48. The van der Waals surface area contributed by atoms with Crippen LogP contribution in [0.3, 0.4) is 0 Å². The molecule has 37 heavy (non-hydrogen) atoms. The Morgan fingerprint density at radius 1 is 1.03 bits per heavy atom. The average Bonchev–Trinajstić information content (AvgIpc) is 3.00. The van der Waals surface area contributed by atoms with Crippen LogP contribution < -0.4 is 24.6 Å². The molecule has 4 rings (SSSR count). The van der Waals surface area contributed by atoms with E-state index in [2.05, 4.69) is 15.4 Å². The van der Waals surface area contributed by atoms with E-state index in [9.17, 15) is 18.0 Å². The lowest BCUT2D eigenvalue weighted by Crippen LogP contribution is -2.56. The molecule has 0 spiro atoms. The fourth-order valence-electron chi connectivity index (χ4n) is 4.40. The van der Waals surface area contributed by atoms with Gasteiger partial charge in [-0.15, -0.1) is 12.4 Å². The molecule has 0 fully saturated rings. The van der Waals surface area contributed by atoms with Crippen LogP contribution in [0.5, 0.6) is 0 Å². The first-order valence-corrected chi connectivity index (χ1v) is 13.2. The molecule has 198 valence electrons. The number of hydrogen-bond acceptors (Lipinski definition) is 5. The van der Waals surface area contributed by atoms with Gasteiger partial charge < -0.3 is 15.5 Å². The van der Waals surface area contributed by atoms with Crippen LogP contribution in [0.4, 0.5) is 11.4 Å². The summed E-state index contributed by atoms with van der Waals surface area (Å²) >= 11 is 0. The molecule has 9 nitrogen and oxygen atoms in total. The van der Waals surface area contributed by atoms with Gasteiger partial charge in [0.1, 0.15) is 6.04 Å². The maximum absolute atomic E-state index is 14.0. The lowest BCUT2D eigenvalue weighted by molar-refractivity contribution is -0.128. The maximum atomic E-state index is 14.0. The molecule has 1 aliphatic heterocycles. The zero-order chi connectivity index (χ0) is 26.0. The number of benzene rings is 3. The van der Waals surface area contributed by atoms with Gasteiger partial charge >= 0.3 is 10.2 Å². The van der Waals surface area contributed by atoms with Gasteiger partial charge in [-0.25, -0.2) is 4.72 Å². The molecule has 0 aliphatic carbocycles. The van der Waals surface area contributed by atoms with Crippen LogP contribution in [0.1, 0.15) is 18.1 Å². The van der Waals surface area contributed by atoms with Crippen molar-refractivity contribution in [1.29, 1.82) is 0 Å². The van der Waals surface area contributed by atoms with Crippen molar-refractivity contribution < 1.29 is 18.0 Å². The maximum Gasteiger partial charge on any atom is 0.301 e. The van der Waals surface area contributed by atoms with Crippen LogP contribution in [0.2, 0.25) is 0 Å². The number of likely N-dealkylation sites (N-methyl/N-ethyl adjacent to an activating group) is 1. The number of aryl methyl sites for hydroxylation is 1. The van der Waals surface area contributed by atoms with E-state index in [4.69, 9.17) is 0 Å². The highest BCUT2D eigenvalue weighted by Crippen LogP contribution is 2.36. The standard InChI is InChI=1S/C26H31N5O4S.ClH/c1-17-13-14-19-9-5-6-10-20(19)21(17)15-30-23-11-7-8-12-24(23)31(36(34,35)28-4)16-22(26(30)33)29-25(32)18(2)27-3;/h5-14,18,22,27-28H,15-16H2,1-4H3,(H,29,32);1H. The fraction of sp³-hybridized carbons (Fsp3) is 0.308. The summed E-state index contributed by atoms with van der Waals surface area (Å²) in [5.74, 6) is -0.787. The molecule has 3 aromatic rings. The number of para-hydroxylation sites is 2. The first-order chi connectivity index (χ1) is 17.2. The van der Waals surface area contributed by atoms with E-state index in [-0.39, 0.29) is 31.4 Å². The van der Waals surface area contributed by atoms with Crippen LogP contribution >= 0.6 is 12.4 Å². The number of halogens is 1. The zero-order valence-electron chi connectivity index (χ0n) is 21.2. The molecule has 3 aromatic carbocycles. The molecule has 0 radical (unpaired) electrons. The second-order valence-corrected chi connectivity index (χ2v) is 10.6. The van der Waals surface area contributed by atoms with Crippen LogP contribution in [0, 0.1) is 6.92 Å². The summed E-state index contributed by atoms with van der Waals surface area (Å²) in [7, 11) is -1.02. The third kappa shape index (κ3) is 5.57. The summed E-state index contributed by atoms with van der Waals surface area (Å²) in [5.41, 5.74) is 2.77. The molecule has 3 N–H and O–H groups in total. The summed E-state index contributed by atoms with van der Waals surface area (Å²) in [6.45, 7) is 3.63. The molecule has 2 amide bonds. The van der Waals surface area contributed by atoms with Gasteiger partial charge in [-0.05, 0) is 54.9 Å². The Hall–Kier alpha value is -3.18. The zero-order valence-corrected chi connectivity index (χ0v) is 22.8. The number of anilines is 2. The minimum absolute atomic E-state index is 0. The van der Waals surface area contributed by atoms with Gasteiger partial charge in [-0.1, -0.05) is 48.5 Å². The van der Waals surface area contributed by atoms with Crippen molar-refractivity contribution in [3.8, 4) is 0 Å². The summed E-state index contributed by atoms with van der Waals surface area (Å²) in [6.07, 6.45) is 0. The molecule has 0 bridgehead atoms. The first-order valence-electron chi connectivity index (χ1n) is 11.7. The summed E-state index contributed by atoms with van der Waals surface area (Å²) in [5, 5.41) is 7.67. The molecule has 11 heteroatoms. The predicted molar refractivity (Wildman–Crippen MR) is 149 cm³/mol. The Morgan fingerprint density at radius 2 is 1.68 bits per heavy atom. The number of carbonyl (C=O) groups is 2. The summed E-state index contributed by atoms with van der Waals surface area (Å²) in [4.78, 5) is 28.4. The van der Waals surface area contributed by atoms with Gasteiger partial charge in [0.2, 0.25) is 5.91 Å². The molecule has 1 heterocycles. The van der Waals surface area contributed by atoms with Gasteiger partial charge in [0.25, 0.3) is 5.91 Å². The van der Waals surface area contributed by atoms with E-state index in [1.54, 1.807) is 43.1 Å². The SMILES string of the molecule is CNC(C)C(=O)NC1CN(S(=O)(=O)NC)c2ccccc2N(Cc2c(C)ccc3ccccc23)C1=O.Cl. The van der Waals surface area contributed by atoms with Crippen LogP contribution in [-0.2, 0) is 26.3 Å². The number of fused-ring (bicyclic) bond motifs is 2. The quantitative estimate of drug-likeness (QED) is 0.422. The molecule has 0 saturated heterocycles. The van der Waals surface area contributed by atoms with E-state index in [0.717, 1.165) is 26.2 Å². The number of carbonyl (C=O) groups excluding carboxylic acids is 2. The molecule has 0 aromatic heterocycles. The van der Waals surface area contributed by atoms with Crippen molar-refractivity contribution in [2.45, 2.75) is 32.5 Å². The molecular formula is C26H32ClN5O4S. The van der Waals surface area contributed by atoms with Crippen molar-refractivity contribution in [3.63, 3.8) is 0 Å². The van der Waals surface area contributed by atoms with Gasteiger partial charge in [0.15, 0.2) is 0 Å². The summed E-state index contributed by atoms with van der Waals surface area (Å²) < 4.78 is 29.6. The molecule has 2 atom stereocenters. The highest BCUT2D eigenvalue weighted by atomic mass is 35.5. The normalized spacial score (nSPS) is 16.5. The Kier molecular flexibility index (Phi) is 8.80. The van der Waals surface area contributed by atoms with Gasteiger partial charge in [-0.2, -0.15) is 8.42 Å². The van der Waals surface area contributed by atoms with Crippen LogP contribution in [0.25, 0.3) is 10.8 Å². The van der Waals surface area contributed by atoms with E-state index in [1.807, 2.05) is 43.3 Å². The molecule has 0 saturated carbocycles. The van der Waals surface area contributed by atoms with Crippen molar-refractivity contribution >= 4 is 56.6 Å². The Bertz CT molecular complexity index is 1420. The second-order valence-electron chi connectivity index (χ2n) is 8.81. The Labute approximate surface area is 223 Å². The van der Waals surface area contributed by atoms with Gasteiger partial charge in [-0.3, -0.25) is 13.9 Å². The first kappa shape index (κ1) is 28.4. The monoisotopic (exact) mass is 545 g/mol. The number of nitrogens with one attached hydrogen (secondary N) is 3. The van der Waals surface area contributed by atoms with Crippen molar-refractivity contribution in [2.75, 3.05) is 29.8 Å². The molecular weight excluding hydrogens is 514 g/mol. The van der Waals surface area contributed by atoms with Crippen molar-refractivity contribution in [1.82, 2.24) is 15.4 Å². The highest BCUT2D eigenvalue weighted by Gasteiger charge is 2.39. The van der Waals surface area contributed by atoms with Gasteiger partial charge in [0, 0.05) is 7.05 Å². The smallest absolute Gasteiger partial charge is 0.301 e. The lowest BCUT2D eigenvalue weighted by atomic mass is 9.99. The van der Waals surface area contributed by atoms with Crippen LogP contribution in [0.15, 0.2) is 60.7 Å². The van der Waals surface area contributed by atoms with E-state index in [0.29, 0.717) is 11.4 Å². The fourth-order valence-corrected chi connectivity index (χ4v) is 5.38. The summed E-state index contributed by atoms with van der Waals surface area (Å²) in [6, 6.07) is 17.2. The number of nitrogens with zero attached hydrogens (tertiary/aromatic N) is 2. The third-order valence-electron chi connectivity index (χ3n) is 6.64. The van der Waals surface area contributed by atoms with Crippen LogP contribution in [-0.4, -0.2) is 53.0 Å².